The van der Waals surface area contributed by atoms with Crippen molar-refractivity contribution >= 4 is 17.8 Å². The molecule has 9 nitrogen and oxygen atoms in total. The Bertz CT molecular complexity index is 1110. The van der Waals surface area contributed by atoms with Gasteiger partial charge in [-0.15, -0.1) is 0 Å². The minimum atomic E-state index is -0.206. The summed E-state index contributed by atoms with van der Waals surface area (Å²) in [6, 6.07) is 6.13. The topological polar surface area (TPSA) is 93.8 Å². The number of H-pyrrole nitrogens is 1. The normalized spacial score (nSPS) is 25.3. The van der Waals surface area contributed by atoms with Gasteiger partial charge >= 0.3 is 6.03 Å². The summed E-state index contributed by atoms with van der Waals surface area (Å²) in [7, 11) is 0. The minimum absolute atomic E-state index is 0. The first kappa shape index (κ1) is 22.7. The number of anilines is 1. The van der Waals surface area contributed by atoms with Crippen LogP contribution in [-0.2, 0) is 13.0 Å². The number of aromatic amines is 1. The standard InChI is InChI=1S/C24H30N6O3.CH4/c1-14-11-28-8-3-4-18(28)12-29(14)24(32)30-13-19-21(15(30)2)26-27-22(19)25-23(31)17-5-6-20-16(10-17)7-9-33-20;/h5-6,10,14-15,18H,3-4,7-9,11-13H2,1-2H3,(H2,25,26,27,31);1H4/t14-,15?,18-;/m0./s1. The molecule has 5 heterocycles. The number of piperazine rings is 1. The van der Waals surface area contributed by atoms with Gasteiger partial charge in [-0.05, 0) is 57.0 Å². The lowest BCUT2D eigenvalue weighted by Gasteiger charge is -2.44. The van der Waals surface area contributed by atoms with Gasteiger partial charge in [0.1, 0.15) is 5.75 Å². The zero-order chi connectivity index (χ0) is 22.7. The summed E-state index contributed by atoms with van der Waals surface area (Å²) in [5.41, 5.74) is 3.42. The first-order valence-corrected chi connectivity index (χ1v) is 11.9. The molecular weight excluding hydrogens is 432 g/mol. The second-order valence-corrected chi connectivity index (χ2v) is 9.72. The fourth-order valence-electron chi connectivity index (χ4n) is 5.81. The maximum atomic E-state index is 13.5. The Morgan fingerprint density at radius 3 is 2.91 bits per heavy atom. The van der Waals surface area contributed by atoms with Crippen LogP contribution < -0.4 is 10.1 Å². The second kappa shape index (κ2) is 8.61. The summed E-state index contributed by atoms with van der Waals surface area (Å²) in [4.78, 5) is 32.9. The first-order valence-electron chi connectivity index (χ1n) is 11.9. The number of ether oxygens (including phenoxy) is 1. The van der Waals surface area contributed by atoms with Crippen LogP contribution in [0.5, 0.6) is 5.75 Å². The summed E-state index contributed by atoms with van der Waals surface area (Å²) in [5, 5.41) is 10.4. The van der Waals surface area contributed by atoms with Crippen LogP contribution in [0, 0.1) is 0 Å². The van der Waals surface area contributed by atoms with E-state index in [1.165, 1.54) is 12.8 Å². The Kier molecular flexibility index (Phi) is 5.75. The van der Waals surface area contributed by atoms with Gasteiger partial charge in [0.2, 0.25) is 0 Å². The third-order valence-electron chi connectivity index (χ3n) is 7.73. The number of hydrogen-bond donors (Lipinski definition) is 2. The van der Waals surface area contributed by atoms with Crippen LogP contribution in [0.2, 0.25) is 0 Å². The summed E-state index contributed by atoms with van der Waals surface area (Å²) >= 11 is 0. The Morgan fingerprint density at radius 1 is 1.21 bits per heavy atom. The van der Waals surface area contributed by atoms with Crippen molar-refractivity contribution < 1.29 is 14.3 Å². The molecule has 3 atom stereocenters. The quantitative estimate of drug-likeness (QED) is 0.708. The van der Waals surface area contributed by atoms with Crippen LogP contribution in [-0.4, -0.2) is 75.2 Å². The lowest BCUT2D eigenvalue weighted by atomic mass is 10.1. The van der Waals surface area contributed by atoms with E-state index in [1.54, 1.807) is 6.07 Å². The number of carbonyl (C=O) groups excluding carboxylic acids is 2. The smallest absolute Gasteiger partial charge is 0.321 e. The van der Waals surface area contributed by atoms with Crippen molar-refractivity contribution in [1.82, 2.24) is 24.9 Å². The largest absolute Gasteiger partial charge is 0.493 e. The van der Waals surface area contributed by atoms with Crippen LogP contribution in [0.25, 0.3) is 0 Å². The molecular formula is C25H34N6O3. The van der Waals surface area contributed by atoms with Crippen LogP contribution in [0.1, 0.15) is 67.3 Å². The maximum absolute atomic E-state index is 13.5. The second-order valence-electron chi connectivity index (χ2n) is 9.72. The molecule has 0 aliphatic carbocycles. The SMILES string of the molecule is C.CC1c2[nH]nc(NC(=O)c3ccc4c(c3)CCO4)c2CN1C(=O)N1C[C@@H]2CCCN2C[C@@H]1C. The van der Waals surface area contributed by atoms with Crippen LogP contribution >= 0.6 is 0 Å². The van der Waals surface area contributed by atoms with Gasteiger partial charge in [-0.2, -0.15) is 5.10 Å². The fraction of sp³-hybridized carbons (Fsp3) is 0.560. The maximum Gasteiger partial charge on any atom is 0.321 e. The molecule has 3 amide bonds. The van der Waals surface area contributed by atoms with Gasteiger partial charge in [0.25, 0.3) is 5.91 Å². The number of carbonyl (C=O) groups is 2. The predicted molar refractivity (Wildman–Crippen MR) is 129 cm³/mol. The molecule has 4 aliphatic heterocycles. The third kappa shape index (κ3) is 3.62. The van der Waals surface area contributed by atoms with E-state index in [1.807, 2.05) is 28.9 Å². The van der Waals surface area contributed by atoms with Gasteiger partial charge in [-0.25, -0.2) is 4.79 Å². The van der Waals surface area contributed by atoms with Crippen molar-refractivity contribution in [3.05, 3.63) is 40.6 Å². The average molecular weight is 467 g/mol. The Labute approximate surface area is 200 Å². The number of fused-ring (bicyclic) bond motifs is 3. The van der Waals surface area contributed by atoms with Crippen LogP contribution in [0.4, 0.5) is 10.6 Å². The van der Waals surface area contributed by atoms with Gasteiger partial charge in [-0.3, -0.25) is 14.8 Å². The Morgan fingerprint density at radius 2 is 2.06 bits per heavy atom. The predicted octanol–water partition coefficient (Wildman–Crippen LogP) is 3.40. The molecule has 1 unspecified atom stereocenters. The Balaban J connectivity index is 0.00000241. The lowest BCUT2D eigenvalue weighted by molar-refractivity contribution is 0.0580. The van der Waals surface area contributed by atoms with E-state index in [0.29, 0.717) is 30.6 Å². The van der Waals surface area contributed by atoms with Gasteiger partial charge in [0.15, 0.2) is 5.82 Å². The molecule has 2 aromatic rings. The number of nitrogens with one attached hydrogen (secondary N) is 2. The highest BCUT2D eigenvalue weighted by Gasteiger charge is 2.42. The van der Waals surface area contributed by atoms with Crippen molar-refractivity contribution in [2.45, 2.75) is 65.2 Å². The van der Waals surface area contributed by atoms with Crippen LogP contribution in [0.3, 0.4) is 0 Å². The number of hydrogen-bond acceptors (Lipinski definition) is 5. The summed E-state index contributed by atoms with van der Waals surface area (Å²) in [6.07, 6.45) is 3.20. The summed E-state index contributed by atoms with van der Waals surface area (Å²) in [5.74, 6) is 1.15. The third-order valence-corrected chi connectivity index (χ3v) is 7.73. The zero-order valence-corrected chi connectivity index (χ0v) is 19.1. The van der Waals surface area contributed by atoms with E-state index in [-0.39, 0.29) is 31.4 Å². The molecule has 0 spiro atoms. The molecule has 0 radical (unpaired) electrons. The van der Waals surface area contributed by atoms with Crippen molar-refractivity contribution in [3.8, 4) is 5.75 Å². The summed E-state index contributed by atoms with van der Waals surface area (Å²) in [6.45, 7) is 8.14. The van der Waals surface area contributed by atoms with E-state index in [4.69, 9.17) is 4.74 Å². The molecule has 9 heteroatoms. The number of nitrogens with zero attached hydrogens (tertiary/aromatic N) is 4. The molecule has 1 aromatic heterocycles. The number of benzene rings is 1. The lowest BCUT2D eigenvalue weighted by Crippen LogP contribution is -2.59. The highest BCUT2D eigenvalue weighted by atomic mass is 16.5. The van der Waals surface area contributed by atoms with E-state index < -0.39 is 0 Å². The molecule has 34 heavy (non-hydrogen) atoms. The molecule has 2 fully saturated rings. The molecule has 2 saturated heterocycles. The minimum Gasteiger partial charge on any atom is -0.493 e. The van der Waals surface area contributed by atoms with E-state index in [0.717, 1.165) is 48.6 Å². The Hall–Kier alpha value is -3.07. The van der Waals surface area contributed by atoms with Gasteiger partial charge in [0, 0.05) is 42.7 Å². The number of rotatable bonds is 2. The molecule has 4 aliphatic rings. The van der Waals surface area contributed by atoms with Gasteiger partial charge < -0.3 is 19.9 Å². The number of aromatic nitrogens is 2. The number of amides is 3. The highest BCUT2D eigenvalue weighted by molar-refractivity contribution is 6.04. The first-order chi connectivity index (χ1) is 16.0. The molecule has 2 N–H and O–H groups in total. The van der Waals surface area contributed by atoms with Crippen LogP contribution in [0.15, 0.2) is 18.2 Å². The molecule has 182 valence electrons. The van der Waals surface area contributed by atoms with Crippen molar-refractivity contribution in [2.24, 2.45) is 0 Å². The van der Waals surface area contributed by atoms with Crippen molar-refractivity contribution in [2.75, 3.05) is 31.6 Å². The van der Waals surface area contributed by atoms with Gasteiger partial charge in [0.05, 0.1) is 24.9 Å². The van der Waals surface area contributed by atoms with Crippen molar-refractivity contribution in [1.29, 1.82) is 0 Å². The van der Waals surface area contributed by atoms with Crippen molar-refractivity contribution in [3.63, 3.8) is 0 Å². The van der Waals surface area contributed by atoms with E-state index in [9.17, 15) is 9.59 Å². The van der Waals surface area contributed by atoms with E-state index in [2.05, 4.69) is 27.3 Å². The molecule has 6 rings (SSSR count). The summed E-state index contributed by atoms with van der Waals surface area (Å²) < 4.78 is 5.53. The molecule has 0 bridgehead atoms. The highest BCUT2D eigenvalue weighted by Crippen LogP contribution is 2.37. The number of urea groups is 1. The molecule has 0 saturated carbocycles. The van der Waals surface area contributed by atoms with E-state index >= 15 is 0 Å². The zero-order valence-electron chi connectivity index (χ0n) is 19.1. The average Bonchev–Trinajstić information content (AvgIpc) is 3.58. The molecule has 1 aromatic carbocycles. The fourth-order valence-corrected chi connectivity index (χ4v) is 5.81. The van der Waals surface area contributed by atoms with Gasteiger partial charge in [-0.1, -0.05) is 7.43 Å². The monoisotopic (exact) mass is 466 g/mol.